The minimum absolute atomic E-state index is 0.0683. The lowest BCUT2D eigenvalue weighted by atomic mass is 9.94. The topological polar surface area (TPSA) is 103 Å². The smallest absolute Gasteiger partial charge is 0.257 e. The van der Waals surface area contributed by atoms with Crippen LogP contribution in [0.25, 0.3) is 11.5 Å². The van der Waals surface area contributed by atoms with Crippen LogP contribution in [0.1, 0.15) is 29.1 Å². The highest BCUT2D eigenvalue weighted by Gasteiger charge is 2.28. The molecule has 9 heteroatoms. The first-order valence-corrected chi connectivity index (χ1v) is 9.78. The van der Waals surface area contributed by atoms with E-state index in [4.69, 9.17) is 14.0 Å². The average Bonchev–Trinajstić information content (AvgIpc) is 3.27. The lowest BCUT2D eigenvalue weighted by molar-refractivity contribution is 0.0664. The van der Waals surface area contributed by atoms with Gasteiger partial charge in [-0.1, -0.05) is 11.2 Å². The summed E-state index contributed by atoms with van der Waals surface area (Å²) in [4.78, 5) is 27.7. The highest BCUT2D eigenvalue weighted by Crippen LogP contribution is 2.32. The third kappa shape index (κ3) is 4.10. The van der Waals surface area contributed by atoms with Crippen molar-refractivity contribution < 1.29 is 18.8 Å². The second kappa shape index (κ2) is 8.89. The molecule has 30 heavy (non-hydrogen) atoms. The number of amides is 1. The van der Waals surface area contributed by atoms with Crippen molar-refractivity contribution in [3.05, 3.63) is 48.2 Å². The maximum absolute atomic E-state index is 13.2. The SMILES string of the molecule is COc1cccc(C(=O)N2CCCC(Cc3nc(-c4cnccn4)no3)C2)c1OC. The molecule has 3 aromatic rings. The molecule has 1 aliphatic heterocycles. The molecular weight excluding hydrogens is 386 g/mol. The summed E-state index contributed by atoms with van der Waals surface area (Å²) < 4.78 is 16.2. The van der Waals surface area contributed by atoms with Crippen molar-refractivity contribution in [2.45, 2.75) is 19.3 Å². The van der Waals surface area contributed by atoms with Gasteiger partial charge in [0.15, 0.2) is 11.5 Å². The molecule has 1 unspecified atom stereocenters. The Morgan fingerprint density at radius 3 is 2.93 bits per heavy atom. The van der Waals surface area contributed by atoms with E-state index >= 15 is 0 Å². The van der Waals surface area contributed by atoms with Crippen LogP contribution in [0.5, 0.6) is 11.5 Å². The minimum Gasteiger partial charge on any atom is -0.493 e. The molecule has 1 saturated heterocycles. The zero-order chi connectivity index (χ0) is 20.9. The van der Waals surface area contributed by atoms with E-state index in [2.05, 4.69) is 20.1 Å². The summed E-state index contributed by atoms with van der Waals surface area (Å²) in [7, 11) is 3.10. The summed E-state index contributed by atoms with van der Waals surface area (Å²) in [6, 6.07) is 5.33. The number of carbonyl (C=O) groups is 1. The van der Waals surface area contributed by atoms with Crippen molar-refractivity contribution >= 4 is 5.91 Å². The summed E-state index contributed by atoms with van der Waals surface area (Å²) in [6.45, 7) is 1.31. The number of hydrogen-bond acceptors (Lipinski definition) is 8. The number of likely N-dealkylation sites (tertiary alicyclic amines) is 1. The first-order chi connectivity index (χ1) is 14.7. The highest BCUT2D eigenvalue weighted by molar-refractivity contribution is 5.97. The van der Waals surface area contributed by atoms with Gasteiger partial charge in [0.2, 0.25) is 11.7 Å². The third-order valence-electron chi connectivity index (χ3n) is 5.16. The van der Waals surface area contributed by atoms with E-state index < -0.39 is 0 Å². The van der Waals surface area contributed by atoms with Crippen LogP contribution in [-0.2, 0) is 6.42 Å². The van der Waals surface area contributed by atoms with Crippen LogP contribution in [0, 0.1) is 5.92 Å². The van der Waals surface area contributed by atoms with Crippen LogP contribution >= 0.6 is 0 Å². The number of nitrogens with zero attached hydrogens (tertiary/aromatic N) is 5. The van der Waals surface area contributed by atoms with E-state index in [0.29, 0.717) is 54.0 Å². The Morgan fingerprint density at radius 2 is 2.17 bits per heavy atom. The van der Waals surface area contributed by atoms with Crippen molar-refractivity contribution in [1.82, 2.24) is 25.0 Å². The third-order valence-corrected chi connectivity index (χ3v) is 5.16. The zero-order valence-corrected chi connectivity index (χ0v) is 16.9. The molecule has 156 valence electrons. The Bertz CT molecular complexity index is 1010. The second-order valence-corrected chi connectivity index (χ2v) is 7.11. The molecule has 1 aliphatic rings. The lowest BCUT2D eigenvalue weighted by Gasteiger charge is -2.32. The number of hydrogen-bond donors (Lipinski definition) is 0. The molecule has 0 spiro atoms. The average molecular weight is 409 g/mol. The molecule has 1 atom stereocenters. The normalized spacial score (nSPS) is 16.3. The number of piperidine rings is 1. The first kappa shape index (κ1) is 19.8. The minimum atomic E-state index is -0.0683. The largest absolute Gasteiger partial charge is 0.493 e. The molecule has 0 saturated carbocycles. The van der Waals surface area contributed by atoms with Gasteiger partial charge in [0, 0.05) is 31.9 Å². The molecule has 9 nitrogen and oxygen atoms in total. The molecule has 0 radical (unpaired) electrons. The van der Waals surface area contributed by atoms with Crippen LogP contribution in [0.15, 0.2) is 41.3 Å². The fourth-order valence-electron chi connectivity index (χ4n) is 3.75. The van der Waals surface area contributed by atoms with Gasteiger partial charge in [-0.05, 0) is 30.9 Å². The van der Waals surface area contributed by atoms with Crippen LogP contribution in [-0.4, -0.2) is 58.2 Å². The van der Waals surface area contributed by atoms with E-state index in [9.17, 15) is 4.79 Å². The van der Waals surface area contributed by atoms with E-state index in [-0.39, 0.29) is 11.8 Å². The molecule has 1 fully saturated rings. The molecule has 2 aromatic heterocycles. The van der Waals surface area contributed by atoms with Crippen LogP contribution in [0.4, 0.5) is 0 Å². The quantitative estimate of drug-likeness (QED) is 0.612. The number of rotatable bonds is 6. The molecule has 0 bridgehead atoms. The highest BCUT2D eigenvalue weighted by atomic mass is 16.5. The predicted octanol–water partition coefficient (Wildman–Crippen LogP) is 2.64. The summed E-state index contributed by atoms with van der Waals surface area (Å²) in [5.41, 5.74) is 1.07. The number of benzene rings is 1. The van der Waals surface area contributed by atoms with Gasteiger partial charge >= 0.3 is 0 Å². The second-order valence-electron chi connectivity index (χ2n) is 7.11. The van der Waals surface area contributed by atoms with E-state index in [0.717, 1.165) is 12.8 Å². The Kier molecular flexibility index (Phi) is 5.87. The Labute approximate surface area is 174 Å². The van der Waals surface area contributed by atoms with Gasteiger partial charge in [0.05, 0.1) is 26.0 Å². The monoisotopic (exact) mass is 409 g/mol. The van der Waals surface area contributed by atoms with E-state index in [1.807, 2.05) is 4.90 Å². The molecular formula is C21H23N5O4. The molecule has 4 rings (SSSR count). The number of aromatic nitrogens is 4. The Hall–Kier alpha value is -3.49. The van der Waals surface area contributed by atoms with Crippen molar-refractivity contribution in [1.29, 1.82) is 0 Å². The number of para-hydroxylation sites is 1. The molecule has 3 heterocycles. The summed E-state index contributed by atoms with van der Waals surface area (Å²) in [5.74, 6) is 2.12. The first-order valence-electron chi connectivity index (χ1n) is 9.78. The van der Waals surface area contributed by atoms with Gasteiger partial charge < -0.3 is 18.9 Å². The summed E-state index contributed by atoms with van der Waals surface area (Å²) in [6.07, 6.45) is 7.28. The zero-order valence-electron chi connectivity index (χ0n) is 16.9. The van der Waals surface area contributed by atoms with Gasteiger partial charge in [-0.25, -0.2) is 4.98 Å². The van der Waals surface area contributed by atoms with Crippen molar-refractivity contribution in [3.8, 4) is 23.0 Å². The Morgan fingerprint density at radius 1 is 1.27 bits per heavy atom. The molecule has 0 N–H and O–H groups in total. The van der Waals surface area contributed by atoms with Gasteiger partial charge in [-0.2, -0.15) is 4.98 Å². The van der Waals surface area contributed by atoms with Crippen LogP contribution < -0.4 is 9.47 Å². The summed E-state index contributed by atoms with van der Waals surface area (Å²) in [5, 5.41) is 4.00. The van der Waals surface area contributed by atoms with Crippen LogP contribution in [0.3, 0.4) is 0 Å². The number of carbonyl (C=O) groups excluding carboxylic acids is 1. The van der Waals surface area contributed by atoms with Crippen molar-refractivity contribution in [2.75, 3.05) is 27.3 Å². The van der Waals surface area contributed by atoms with Crippen LogP contribution in [0.2, 0.25) is 0 Å². The number of ether oxygens (including phenoxy) is 2. The van der Waals surface area contributed by atoms with E-state index in [1.165, 1.54) is 7.11 Å². The molecule has 0 aliphatic carbocycles. The maximum Gasteiger partial charge on any atom is 0.257 e. The van der Waals surface area contributed by atoms with Gasteiger partial charge in [-0.3, -0.25) is 9.78 Å². The standard InChI is InChI=1S/C21H23N5O4/c1-28-17-7-3-6-15(19(17)29-2)21(27)26-10-4-5-14(13-26)11-18-24-20(25-30-18)16-12-22-8-9-23-16/h3,6-9,12,14H,4-5,10-11,13H2,1-2H3. The maximum atomic E-state index is 13.2. The fourth-order valence-corrected chi connectivity index (χ4v) is 3.75. The summed E-state index contributed by atoms with van der Waals surface area (Å²) >= 11 is 0. The predicted molar refractivity (Wildman–Crippen MR) is 107 cm³/mol. The molecule has 1 amide bonds. The molecule has 1 aromatic carbocycles. The van der Waals surface area contributed by atoms with Gasteiger partial charge in [0.1, 0.15) is 5.69 Å². The van der Waals surface area contributed by atoms with Crippen molar-refractivity contribution in [3.63, 3.8) is 0 Å². The van der Waals surface area contributed by atoms with Crippen molar-refractivity contribution in [2.24, 2.45) is 5.92 Å². The van der Waals surface area contributed by atoms with E-state index in [1.54, 1.807) is 43.9 Å². The van der Waals surface area contributed by atoms with Gasteiger partial charge in [-0.15, -0.1) is 0 Å². The lowest BCUT2D eigenvalue weighted by Crippen LogP contribution is -2.40. The van der Waals surface area contributed by atoms with Gasteiger partial charge in [0.25, 0.3) is 5.91 Å². The fraction of sp³-hybridized carbons (Fsp3) is 0.381. The number of methoxy groups -OCH3 is 2. The Balaban J connectivity index is 1.45.